The minimum atomic E-state index is -3.59. The Morgan fingerprint density at radius 2 is 1.88 bits per heavy atom. The van der Waals surface area contributed by atoms with Crippen molar-refractivity contribution in [3.05, 3.63) is 72.6 Å². The highest BCUT2D eigenvalue weighted by Gasteiger charge is 2.35. The minimum Gasteiger partial charge on any atom is -0.437 e. The molecule has 7 heteroatoms. The summed E-state index contributed by atoms with van der Waals surface area (Å²) in [7, 11) is -3.59. The van der Waals surface area contributed by atoms with E-state index in [0.29, 0.717) is 22.3 Å². The SMILES string of the molecule is O=S1(=O)c2ccccc2CN1c1cccc(Oc2cccnc2)n1. The van der Waals surface area contributed by atoms with Crippen molar-refractivity contribution >= 4 is 15.8 Å². The molecule has 2 aromatic heterocycles. The number of ether oxygens (including phenoxy) is 1. The van der Waals surface area contributed by atoms with E-state index in [4.69, 9.17) is 4.74 Å². The molecule has 0 saturated heterocycles. The van der Waals surface area contributed by atoms with Crippen molar-refractivity contribution < 1.29 is 13.2 Å². The summed E-state index contributed by atoms with van der Waals surface area (Å²) >= 11 is 0. The first-order valence-corrected chi connectivity index (χ1v) is 8.74. The summed E-state index contributed by atoms with van der Waals surface area (Å²) in [6, 6.07) is 15.5. The molecule has 0 saturated carbocycles. The minimum absolute atomic E-state index is 0.266. The van der Waals surface area contributed by atoms with E-state index in [9.17, 15) is 8.42 Å². The van der Waals surface area contributed by atoms with E-state index in [1.165, 1.54) is 4.31 Å². The summed E-state index contributed by atoms with van der Waals surface area (Å²) in [5, 5.41) is 0. The number of fused-ring (bicyclic) bond motifs is 1. The molecule has 0 fully saturated rings. The Kier molecular flexibility index (Phi) is 3.42. The zero-order chi connectivity index (χ0) is 16.6. The Labute approximate surface area is 139 Å². The van der Waals surface area contributed by atoms with Crippen LogP contribution >= 0.6 is 0 Å². The fourth-order valence-corrected chi connectivity index (χ4v) is 4.19. The Bertz CT molecular complexity index is 991. The number of benzene rings is 1. The molecule has 0 bridgehead atoms. The summed E-state index contributed by atoms with van der Waals surface area (Å²) in [5.41, 5.74) is 0.762. The van der Waals surface area contributed by atoms with Gasteiger partial charge < -0.3 is 4.74 Å². The van der Waals surface area contributed by atoms with Crippen LogP contribution in [0.15, 0.2) is 71.9 Å². The predicted octanol–water partition coefficient (Wildman–Crippen LogP) is 2.98. The van der Waals surface area contributed by atoms with Gasteiger partial charge in [0.1, 0.15) is 11.6 Å². The molecular weight excluding hydrogens is 326 g/mol. The third kappa shape index (κ3) is 2.48. The van der Waals surface area contributed by atoms with Crippen molar-refractivity contribution in [3.63, 3.8) is 0 Å². The van der Waals surface area contributed by atoms with Gasteiger partial charge in [-0.25, -0.2) is 12.7 Å². The van der Waals surface area contributed by atoms with Crippen LogP contribution in [0.5, 0.6) is 11.6 Å². The Morgan fingerprint density at radius 3 is 2.67 bits per heavy atom. The second kappa shape index (κ2) is 5.61. The Hall–Kier alpha value is -2.93. The maximum absolute atomic E-state index is 12.7. The van der Waals surface area contributed by atoms with E-state index >= 15 is 0 Å². The second-order valence-electron chi connectivity index (χ2n) is 5.24. The largest absolute Gasteiger partial charge is 0.437 e. The van der Waals surface area contributed by atoms with Crippen LogP contribution in [0.4, 0.5) is 5.82 Å². The van der Waals surface area contributed by atoms with Gasteiger partial charge in [0.05, 0.1) is 17.6 Å². The molecule has 6 nitrogen and oxygen atoms in total. The summed E-state index contributed by atoms with van der Waals surface area (Å²) in [6.45, 7) is 0.266. The van der Waals surface area contributed by atoms with Crippen LogP contribution in [0.25, 0.3) is 0 Å². The second-order valence-corrected chi connectivity index (χ2v) is 7.07. The van der Waals surface area contributed by atoms with Gasteiger partial charge in [-0.1, -0.05) is 24.3 Å². The predicted molar refractivity (Wildman–Crippen MR) is 88.4 cm³/mol. The monoisotopic (exact) mass is 339 g/mol. The van der Waals surface area contributed by atoms with E-state index in [-0.39, 0.29) is 6.54 Å². The van der Waals surface area contributed by atoms with Gasteiger partial charge in [-0.15, -0.1) is 0 Å². The molecule has 1 aliphatic heterocycles. The molecule has 4 rings (SSSR count). The average molecular weight is 339 g/mol. The van der Waals surface area contributed by atoms with Crippen LogP contribution in [0.3, 0.4) is 0 Å². The number of hydrogen-bond acceptors (Lipinski definition) is 5. The number of anilines is 1. The van der Waals surface area contributed by atoms with Crippen LogP contribution in [0, 0.1) is 0 Å². The van der Waals surface area contributed by atoms with Crippen molar-refractivity contribution in [2.45, 2.75) is 11.4 Å². The van der Waals surface area contributed by atoms with Gasteiger partial charge in [0.2, 0.25) is 5.88 Å². The molecule has 0 unspecified atom stereocenters. The molecule has 0 radical (unpaired) electrons. The first-order chi connectivity index (χ1) is 11.6. The van der Waals surface area contributed by atoms with Gasteiger partial charge in [-0.3, -0.25) is 4.98 Å². The topological polar surface area (TPSA) is 72.4 Å². The quantitative estimate of drug-likeness (QED) is 0.733. The number of rotatable bonds is 3. The summed E-state index contributed by atoms with van der Waals surface area (Å²) in [5.74, 6) is 1.17. The summed E-state index contributed by atoms with van der Waals surface area (Å²) in [6.07, 6.45) is 3.21. The van der Waals surface area contributed by atoms with Gasteiger partial charge in [-0.2, -0.15) is 4.98 Å². The Balaban J connectivity index is 1.68. The molecule has 0 atom stereocenters. The van der Waals surface area contributed by atoms with E-state index in [0.717, 1.165) is 5.56 Å². The highest BCUT2D eigenvalue weighted by Crippen LogP contribution is 2.34. The van der Waals surface area contributed by atoms with Crippen molar-refractivity contribution in [2.24, 2.45) is 0 Å². The van der Waals surface area contributed by atoms with E-state index < -0.39 is 10.0 Å². The number of pyridine rings is 2. The van der Waals surface area contributed by atoms with E-state index in [1.807, 2.05) is 12.1 Å². The Morgan fingerprint density at radius 1 is 1.00 bits per heavy atom. The summed E-state index contributed by atoms with van der Waals surface area (Å²) < 4.78 is 32.3. The van der Waals surface area contributed by atoms with E-state index in [2.05, 4.69) is 9.97 Å². The molecule has 1 aromatic carbocycles. The maximum atomic E-state index is 12.7. The lowest BCUT2D eigenvalue weighted by Crippen LogP contribution is -2.24. The molecule has 3 aromatic rings. The van der Waals surface area contributed by atoms with Crippen molar-refractivity contribution in [1.82, 2.24) is 9.97 Å². The van der Waals surface area contributed by atoms with Crippen molar-refractivity contribution in [2.75, 3.05) is 4.31 Å². The van der Waals surface area contributed by atoms with Gasteiger partial charge in [0.15, 0.2) is 0 Å². The molecule has 120 valence electrons. The zero-order valence-corrected chi connectivity index (χ0v) is 13.3. The van der Waals surface area contributed by atoms with Gasteiger partial charge >= 0.3 is 0 Å². The average Bonchev–Trinajstić information content (AvgIpc) is 2.88. The number of aromatic nitrogens is 2. The van der Waals surface area contributed by atoms with Gasteiger partial charge in [0.25, 0.3) is 10.0 Å². The lowest BCUT2D eigenvalue weighted by Gasteiger charge is -2.16. The van der Waals surface area contributed by atoms with Crippen LogP contribution in [-0.2, 0) is 16.6 Å². The third-order valence-electron chi connectivity index (χ3n) is 3.68. The molecular formula is C17H13N3O3S. The van der Waals surface area contributed by atoms with Gasteiger partial charge in [0, 0.05) is 12.3 Å². The normalized spacial score (nSPS) is 15.1. The van der Waals surface area contributed by atoms with Crippen LogP contribution in [0.2, 0.25) is 0 Å². The maximum Gasteiger partial charge on any atom is 0.266 e. The number of nitrogens with zero attached hydrogens (tertiary/aromatic N) is 3. The lowest BCUT2D eigenvalue weighted by molar-refractivity contribution is 0.461. The standard InChI is InChI=1S/C17H13N3O3S/c21-24(22)15-7-2-1-5-13(15)12-20(24)16-8-3-9-17(19-16)23-14-6-4-10-18-11-14/h1-11H,12H2. The zero-order valence-electron chi connectivity index (χ0n) is 12.5. The number of hydrogen-bond donors (Lipinski definition) is 0. The van der Waals surface area contributed by atoms with Crippen LogP contribution in [-0.4, -0.2) is 18.4 Å². The molecule has 1 aliphatic rings. The fourth-order valence-electron chi connectivity index (χ4n) is 2.58. The first-order valence-electron chi connectivity index (χ1n) is 7.30. The lowest BCUT2D eigenvalue weighted by atomic mass is 10.2. The molecule has 24 heavy (non-hydrogen) atoms. The molecule has 0 amide bonds. The van der Waals surface area contributed by atoms with Crippen molar-refractivity contribution in [3.8, 4) is 11.6 Å². The smallest absolute Gasteiger partial charge is 0.266 e. The summed E-state index contributed by atoms with van der Waals surface area (Å²) in [4.78, 5) is 8.62. The first kappa shape index (κ1) is 14.6. The highest BCUT2D eigenvalue weighted by molar-refractivity contribution is 7.93. The molecule has 0 aliphatic carbocycles. The molecule has 0 spiro atoms. The van der Waals surface area contributed by atoms with E-state index in [1.54, 1.807) is 54.9 Å². The van der Waals surface area contributed by atoms with Gasteiger partial charge in [-0.05, 0) is 29.8 Å². The fraction of sp³-hybridized carbons (Fsp3) is 0.0588. The van der Waals surface area contributed by atoms with Crippen LogP contribution < -0.4 is 9.04 Å². The van der Waals surface area contributed by atoms with Crippen molar-refractivity contribution in [1.29, 1.82) is 0 Å². The molecule has 0 N–H and O–H groups in total. The van der Waals surface area contributed by atoms with Crippen LogP contribution in [0.1, 0.15) is 5.56 Å². The molecule has 3 heterocycles. The highest BCUT2D eigenvalue weighted by atomic mass is 32.2. The number of sulfonamides is 1. The third-order valence-corrected chi connectivity index (χ3v) is 5.53.